The summed E-state index contributed by atoms with van der Waals surface area (Å²) in [7, 11) is -2.02. The Balaban J connectivity index is 2.21. The lowest BCUT2D eigenvalue weighted by atomic mass is 10.1. The molecular formula is C17H27N3O3S. The van der Waals surface area contributed by atoms with E-state index in [4.69, 9.17) is 0 Å². The van der Waals surface area contributed by atoms with Crippen molar-refractivity contribution >= 4 is 15.9 Å². The van der Waals surface area contributed by atoms with Crippen molar-refractivity contribution in [2.24, 2.45) is 0 Å². The number of hydrogen-bond donors (Lipinski definition) is 2. The summed E-state index contributed by atoms with van der Waals surface area (Å²) in [5.41, 5.74) is 0.229. The van der Waals surface area contributed by atoms with Crippen molar-refractivity contribution in [2.75, 3.05) is 26.7 Å². The molecule has 1 aromatic carbocycles. The Kier molecular flexibility index (Phi) is 6.77. The number of rotatable bonds is 7. The van der Waals surface area contributed by atoms with E-state index in [0.29, 0.717) is 13.1 Å². The minimum atomic E-state index is -3.73. The standard InChI is InChI=1S/C17H27N3O3S/c1-3-4-12-20(2)17(21)15-9-5-6-10-16(15)24(22,23)19-14-8-7-11-18-13-14/h5-6,9-10,14,18-19H,3-4,7-8,11-13H2,1-2H3. The van der Waals surface area contributed by atoms with Crippen molar-refractivity contribution in [3.05, 3.63) is 29.8 Å². The molecule has 7 heteroatoms. The van der Waals surface area contributed by atoms with Gasteiger partial charge in [-0.2, -0.15) is 0 Å². The van der Waals surface area contributed by atoms with Crippen LogP contribution in [0, 0.1) is 0 Å². The van der Waals surface area contributed by atoms with Crippen LogP contribution >= 0.6 is 0 Å². The summed E-state index contributed by atoms with van der Waals surface area (Å²) in [6, 6.07) is 6.29. The van der Waals surface area contributed by atoms with Crippen LogP contribution in [0.2, 0.25) is 0 Å². The van der Waals surface area contributed by atoms with E-state index in [9.17, 15) is 13.2 Å². The Bertz CT molecular complexity index is 655. The molecule has 2 rings (SSSR count). The van der Waals surface area contributed by atoms with Crippen molar-refractivity contribution in [1.29, 1.82) is 0 Å². The maximum atomic E-state index is 12.8. The number of carbonyl (C=O) groups excluding carboxylic acids is 1. The van der Waals surface area contributed by atoms with Gasteiger partial charge in [0.15, 0.2) is 0 Å². The minimum Gasteiger partial charge on any atom is -0.342 e. The third-order valence-electron chi connectivity index (χ3n) is 4.22. The van der Waals surface area contributed by atoms with Crippen molar-refractivity contribution in [2.45, 2.75) is 43.5 Å². The smallest absolute Gasteiger partial charge is 0.254 e. The molecule has 24 heavy (non-hydrogen) atoms. The molecular weight excluding hydrogens is 326 g/mol. The van der Waals surface area contributed by atoms with Gasteiger partial charge in [0.05, 0.1) is 10.5 Å². The van der Waals surface area contributed by atoms with Crippen LogP contribution in [0.1, 0.15) is 43.0 Å². The zero-order valence-electron chi connectivity index (χ0n) is 14.4. The van der Waals surface area contributed by atoms with Gasteiger partial charge in [-0.3, -0.25) is 4.79 Å². The summed E-state index contributed by atoms with van der Waals surface area (Å²) in [4.78, 5) is 14.3. The van der Waals surface area contributed by atoms with Gasteiger partial charge in [-0.15, -0.1) is 0 Å². The Hall–Kier alpha value is -1.44. The maximum Gasteiger partial charge on any atom is 0.254 e. The molecule has 1 unspecified atom stereocenters. The van der Waals surface area contributed by atoms with Crippen LogP contribution in [-0.4, -0.2) is 51.9 Å². The van der Waals surface area contributed by atoms with E-state index < -0.39 is 10.0 Å². The molecule has 1 aliphatic heterocycles. The molecule has 6 nitrogen and oxygen atoms in total. The number of unbranched alkanes of at least 4 members (excludes halogenated alkanes) is 1. The van der Waals surface area contributed by atoms with Gasteiger partial charge < -0.3 is 10.2 Å². The third-order valence-corrected chi connectivity index (χ3v) is 5.80. The Morgan fingerprint density at radius 1 is 1.38 bits per heavy atom. The van der Waals surface area contributed by atoms with Crippen molar-refractivity contribution in [3.8, 4) is 0 Å². The molecule has 2 N–H and O–H groups in total. The van der Waals surface area contributed by atoms with Crippen LogP contribution in [0.3, 0.4) is 0 Å². The highest BCUT2D eigenvalue weighted by Gasteiger charge is 2.27. The summed E-state index contributed by atoms with van der Waals surface area (Å²) in [6.45, 7) is 4.20. The Morgan fingerprint density at radius 3 is 2.79 bits per heavy atom. The lowest BCUT2D eigenvalue weighted by Crippen LogP contribution is -2.45. The van der Waals surface area contributed by atoms with Gasteiger partial charge in [-0.25, -0.2) is 13.1 Å². The number of nitrogens with one attached hydrogen (secondary N) is 2. The van der Waals surface area contributed by atoms with Gasteiger partial charge in [0.1, 0.15) is 0 Å². The first-order chi connectivity index (χ1) is 11.5. The lowest BCUT2D eigenvalue weighted by molar-refractivity contribution is 0.0789. The van der Waals surface area contributed by atoms with Crippen molar-refractivity contribution < 1.29 is 13.2 Å². The van der Waals surface area contributed by atoms with Crippen LogP contribution in [0.15, 0.2) is 29.2 Å². The highest BCUT2D eigenvalue weighted by molar-refractivity contribution is 7.89. The molecule has 0 aromatic heterocycles. The number of sulfonamides is 1. The maximum absolute atomic E-state index is 12.8. The number of benzene rings is 1. The molecule has 134 valence electrons. The Labute approximate surface area is 144 Å². The summed E-state index contributed by atoms with van der Waals surface area (Å²) in [5, 5.41) is 3.19. The predicted molar refractivity (Wildman–Crippen MR) is 94.5 cm³/mol. The normalized spacial score (nSPS) is 18.3. The van der Waals surface area contributed by atoms with Gasteiger partial charge in [0, 0.05) is 26.2 Å². The molecule has 0 spiro atoms. The molecule has 0 aliphatic carbocycles. The summed E-state index contributed by atoms with van der Waals surface area (Å²) < 4.78 is 28.2. The molecule has 1 atom stereocenters. The first-order valence-electron chi connectivity index (χ1n) is 8.53. The van der Waals surface area contributed by atoms with Crippen LogP contribution in [0.5, 0.6) is 0 Å². The topological polar surface area (TPSA) is 78.5 Å². The number of piperidine rings is 1. The van der Waals surface area contributed by atoms with Gasteiger partial charge in [0.25, 0.3) is 5.91 Å². The number of amides is 1. The Morgan fingerprint density at radius 2 is 2.12 bits per heavy atom. The number of nitrogens with zero attached hydrogens (tertiary/aromatic N) is 1. The predicted octanol–water partition coefficient (Wildman–Crippen LogP) is 1.59. The fourth-order valence-electron chi connectivity index (χ4n) is 2.82. The number of hydrogen-bond acceptors (Lipinski definition) is 4. The van der Waals surface area contributed by atoms with E-state index >= 15 is 0 Å². The zero-order chi connectivity index (χ0) is 17.6. The fourth-order valence-corrected chi connectivity index (χ4v) is 4.28. The van der Waals surface area contributed by atoms with E-state index in [1.165, 1.54) is 6.07 Å². The summed E-state index contributed by atoms with van der Waals surface area (Å²) in [5.74, 6) is -0.258. The average Bonchev–Trinajstić information content (AvgIpc) is 2.59. The van der Waals surface area contributed by atoms with E-state index in [1.54, 1.807) is 30.1 Å². The molecule has 0 radical (unpaired) electrons. The van der Waals surface area contributed by atoms with E-state index in [-0.39, 0.29) is 22.4 Å². The quantitative estimate of drug-likeness (QED) is 0.780. The minimum absolute atomic E-state index is 0.0592. The van der Waals surface area contributed by atoms with Gasteiger partial charge in [-0.1, -0.05) is 25.5 Å². The second kappa shape index (κ2) is 8.60. The number of carbonyl (C=O) groups is 1. The summed E-state index contributed by atoms with van der Waals surface area (Å²) in [6.07, 6.45) is 3.61. The van der Waals surface area contributed by atoms with E-state index in [2.05, 4.69) is 17.0 Å². The highest BCUT2D eigenvalue weighted by Crippen LogP contribution is 2.18. The first-order valence-corrected chi connectivity index (χ1v) is 10.0. The van der Waals surface area contributed by atoms with Crippen LogP contribution in [-0.2, 0) is 10.0 Å². The van der Waals surface area contributed by atoms with Crippen LogP contribution in [0.25, 0.3) is 0 Å². The largest absolute Gasteiger partial charge is 0.342 e. The molecule has 1 amide bonds. The molecule has 1 fully saturated rings. The molecule has 0 bridgehead atoms. The van der Waals surface area contributed by atoms with Gasteiger partial charge in [-0.05, 0) is 37.9 Å². The van der Waals surface area contributed by atoms with Crippen LogP contribution < -0.4 is 10.0 Å². The third kappa shape index (κ3) is 4.78. The van der Waals surface area contributed by atoms with Crippen molar-refractivity contribution in [1.82, 2.24) is 14.9 Å². The molecule has 1 aromatic rings. The van der Waals surface area contributed by atoms with Gasteiger partial charge in [0.2, 0.25) is 10.0 Å². The highest BCUT2D eigenvalue weighted by atomic mass is 32.2. The van der Waals surface area contributed by atoms with Gasteiger partial charge >= 0.3 is 0 Å². The second-order valence-corrected chi connectivity index (χ2v) is 7.92. The molecule has 0 saturated carbocycles. The second-order valence-electron chi connectivity index (χ2n) is 6.24. The summed E-state index contributed by atoms with van der Waals surface area (Å²) >= 11 is 0. The molecule has 1 aliphatic rings. The van der Waals surface area contributed by atoms with E-state index in [1.807, 2.05) is 0 Å². The molecule has 1 heterocycles. The zero-order valence-corrected chi connectivity index (χ0v) is 15.2. The van der Waals surface area contributed by atoms with E-state index in [0.717, 1.165) is 32.2 Å². The SMILES string of the molecule is CCCCN(C)C(=O)c1ccccc1S(=O)(=O)NC1CCCNC1. The fraction of sp³-hybridized carbons (Fsp3) is 0.588. The molecule has 1 saturated heterocycles. The lowest BCUT2D eigenvalue weighted by Gasteiger charge is -2.24. The first kappa shape index (κ1) is 18.9. The van der Waals surface area contributed by atoms with Crippen LogP contribution in [0.4, 0.5) is 0 Å². The van der Waals surface area contributed by atoms with Crippen molar-refractivity contribution in [3.63, 3.8) is 0 Å². The monoisotopic (exact) mass is 353 g/mol. The average molecular weight is 353 g/mol.